The van der Waals surface area contributed by atoms with Gasteiger partial charge in [-0.3, -0.25) is 0 Å². The predicted molar refractivity (Wildman–Crippen MR) is 64.6 cm³/mol. The summed E-state index contributed by atoms with van der Waals surface area (Å²) >= 11 is -1.43. The second-order valence-electron chi connectivity index (χ2n) is 5.59. The van der Waals surface area contributed by atoms with E-state index >= 15 is 0 Å². The van der Waals surface area contributed by atoms with Crippen molar-refractivity contribution in [2.75, 3.05) is 0 Å². The molecule has 0 radical (unpaired) electrons. The lowest BCUT2D eigenvalue weighted by atomic mass is 9.88. The molecule has 0 saturated heterocycles. The molecule has 0 aliphatic rings. The van der Waals surface area contributed by atoms with Crippen molar-refractivity contribution in [2.24, 2.45) is 0 Å². The highest BCUT2D eigenvalue weighted by atomic mass is 127. The molecule has 0 nitrogen and oxygen atoms in total. The molecule has 0 spiro atoms. The first kappa shape index (κ1) is 31.3. The van der Waals surface area contributed by atoms with E-state index in [1.54, 1.807) is 0 Å². The van der Waals surface area contributed by atoms with Gasteiger partial charge in [-0.25, -0.2) is 4.39 Å². The molecular formula is C10F21I. The zero-order valence-electron chi connectivity index (χ0n) is 13.3. The van der Waals surface area contributed by atoms with Crippen LogP contribution in [0.2, 0.25) is 0 Å². The summed E-state index contributed by atoms with van der Waals surface area (Å²) in [5.74, 6) is -61.3. The van der Waals surface area contributed by atoms with E-state index in [0.29, 0.717) is 0 Å². The minimum Gasteiger partial charge on any atom is -0.215 e. The lowest BCUT2D eigenvalue weighted by Gasteiger charge is -2.44. The maximum atomic E-state index is 13.2. The molecule has 0 heterocycles. The fraction of sp³-hybridized carbons (Fsp3) is 1.00. The summed E-state index contributed by atoms with van der Waals surface area (Å²) in [6.07, 6.45) is -15.3. The molecular weight excluding hydrogens is 646 g/mol. The van der Waals surface area contributed by atoms with Crippen molar-refractivity contribution in [3.05, 3.63) is 0 Å². The third kappa shape index (κ3) is 3.63. The zero-order chi connectivity index (χ0) is 27.0. The van der Waals surface area contributed by atoms with Gasteiger partial charge in [-0.05, 0) is 22.6 Å². The zero-order valence-corrected chi connectivity index (χ0v) is 15.5. The Hall–Kier alpha value is -0.740. The summed E-state index contributed by atoms with van der Waals surface area (Å²) in [6, 6.07) is 0. The molecule has 0 bridgehead atoms. The van der Waals surface area contributed by atoms with Crippen LogP contribution in [0.1, 0.15) is 0 Å². The van der Waals surface area contributed by atoms with E-state index < -0.39 is 80.1 Å². The lowest BCUT2D eigenvalue weighted by Crippen LogP contribution is -2.76. The molecule has 1 atom stereocenters. The quantitative estimate of drug-likeness (QED) is 0.152. The van der Waals surface area contributed by atoms with Gasteiger partial charge in [0.25, 0.3) is 0 Å². The van der Waals surface area contributed by atoms with Crippen molar-refractivity contribution in [3.8, 4) is 0 Å². The lowest BCUT2D eigenvalue weighted by molar-refractivity contribution is -0.466. The van der Waals surface area contributed by atoms with Crippen molar-refractivity contribution < 1.29 is 92.2 Å². The molecule has 0 aliphatic carbocycles. The van der Waals surface area contributed by atoms with Gasteiger partial charge in [0.2, 0.25) is 0 Å². The largest absolute Gasteiger partial charge is 0.460 e. The molecule has 0 fully saturated rings. The van der Waals surface area contributed by atoms with E-state index in [9.17, 15) is 92.2 Å². The average molecular weight is 646 g/mol. The van der Waals surface area contributed by atoms with Gasteiger partial charge in [0.1, 0.15) is 0 Å². The highest BCUT2D eigenvalue weighted by Crippen LogP contribution is 2.66. The molecule has 1 unspecified atom stereocenters. The van der Waals surface area contributed by atoms with Crippen LogP contribution < -0.4 is 0 Å². The second-order valence-corrected chi connectivity index (χ2v) is 7.08. The van der Waals surface area contributed by atoms with Gasteiger partial charge < -0.3 is 0 Å². The SMILES string of the molecule is FC(F)(F)C(F)(F)C(F)(F)C(F)(F)C(F)(F)C(F)(F)C(F)(F)C(F)(F)C(F)(I)C(F)(F)F. The molecule has 0 aliphatic heterocycles. The maximum absolute atomic E-state index is 13.2. The third-order valence-electron chi connectivity index (χ3n) is 3.47. The topological polar surface area (TPSA) is 0 Å². The summed E-state index contributed by atoms with van der Waals surface area (Å²) in [4.78, 5) is 0. The molecule has 32 heavy (non-hydrogen) atoms. The van der Waals surface area contributed by atoms with Crippen molar-refractivity contribution in [1.29, 1.82) is 0 Å². The highest BCUT2D eigenvalue weighted by Gasteiger charge is 2.97. The summed E-state index contributed by atoms with van der Waals surface area (Å²) in [7, 11) is 0. The number of halogens is 22. The first-order chi connectivity index (χ1) is 13.2. The van der Waals surface area contributed by atoms with Crippen LogP contribution >= 0.6 is 22.6 Å². The van der Waals surface area contributed by atoms with Crippen molar-refractivity contribution in [3.63, 3.8) is 0 Å². The summed E-state index contributed by atoms with van der Waals surface area (Å²) in [6.45, 7) is 0. The monoisotopic (exact) mass is 646 g/mol. The van der Waals surface area contributed by atoms with Crippen molar-refractivity contribution in [2.45, 2.75) is 57.5 Å². The fourth-order valence-corrected chi connectivity index (χ4v) is 1.88. The minimum absolute atomic E-state index is 1.43. The molecule has 0 amide bonds. The number of rotatable bonds is 7. The smallest absolute Gasteiger partial charge is 0.215 e. The Labute approximate surface area is 173 Å². The number of hydrogen-bond acceptors (Lipinski definition) is 0. The molecule has 0 aromatic carbocycles. The molecule has 0 N–H and O–H groups in total. The van der Waals surface area contributed by atoms with Crippen LogP contribution in [0, 0.1) is 0 Å². The van der Waals surface area contributed by atoms with Crippen LogP contribution in [0.15, 0.2) is 0 Å². The van der Waals surface area contributed by atoms with E-state index in [2.05, 4.69) is 0 Å². The first-order valence-corrected chi connectivity index (χ1v) is 7.49. The Kier molecular flexibility index (Phi) is 7.21. The van der Waals surface area contributed by atoms with E-state index in [4.69, 9.17) is 0 Å². The summed E-state index contributed by atoms with van der Waals surface area (Å²) < 4.78 is 261. The van der Waals surface area contributed by atoms with Crippen LogP contribution in [-0.4, -0.2) is 57.5 Å². The van der Waals surface area contributed by atoms with Crippen molar-refractivity contribution >= 4 is 22.6 Å². The normalized spacial score (nSPS) is 18.6. The Morgan fingerprint density at radius 2 is 0.438 bits per heavy atom. The molecule has 22 heteroatoms. The van der Waals surface area contributed by atoms with Gasteiger partial charge in [0.15, 0.2) is 0 Å². The van der Waals surface area contributed by atoms with Crippen LogP contribution in [0.5, 0.6) is 0 Å². The van der Waals surface area contributed by atoms with Crippen LogP contribution in [0.4, 0.5) is 92.2 Å². The molecule has 194 valence electrons. The standard InChI is InChI=1S/C10F21I/c11-1(12,3(15,16)5(19,20)7(23,24)9(26,27)28)2(13,14)4(17,18)6(21,22)8(25,32)10(29,30)31. The predicted octanol–water partition coefficient (Wildman–Crippen LogP) is 7.66. The van der Waals surface area contributed by atoms with Crippen LogP contribution in [0.3, 0.4) is 0 Å². The Balaban J connectivity index is 7.00. The molecule has 0 aromatic heterocycles. The first-order valence-electron chi connectivity index (χ1n) is 6.41. The van der Waals surface area contributed by atoms with Gasteiger partial charge in [-0.1, -0.05) is 0 Å². The van der Waals surface area contributed by atoms with Gasteiger partial charge >= 0.3 is 57.5 Å². The maximum Gasteiger partial charge on any atom is 0.460 e. The van der Waals surface area contributed by atoms with E-state index in [0.717, 1.165) is 0 Å². The van der Waals surface area contributed by atoms with E-state index in [-0.39, 0.29) is 0 Å². The second kappa shape index (κ2) is 7.38. The Bertz CT molecular complexity index is 632. The van der Waals surface area contributed by atoms with Gasteiger partial charge in [0.05, 0.1) is 0 Å². The van der Waals surface area contributed by atoms with Crippen LogP contribution in [-0.2, 0) is 0 Å². The van der Waals surface area contributed by atoms with Gasteiger partial charge in [0, 0.05) is 0 Å². The Morgan fingerprint density at radius 3 is 0.625 bits per heavy atom. The highest BCUT2D eigenvalue weighted by molar-refractivity contribution is 14.1. The number of alkyl halides is 22. The van der Waals surface area contributed by atoms with Gasteiger partial charge in [-0.2, -0.15) is 87.8 Å². The van der Waals surface area contributed by atoms with Crippen LogP contribution in [0.25, 0.3) is 0 Å². The average Bonchev–Trinajstić information content (AvgIpc) is 2.51. The summed E-state index contributed by atoms with van der Waals surface area (Å²) in [5, 5.41) is 0. The third-order valence-corrected chi connectivity index (χ3v) is 4.76. The minimum atomic E-state index is -9.08. The number of hydrogen-bond donors (Lipinski definition) is 0. The molecule has 0 aromatic rings. The molecule has 0 saturated carbocycles. The molecule has 0 rings (SSSR count). The van der Waals surface area contributed by atoms with E-state index in [1.165, 1.54) is 0 Å². The van der Waals surface area contributed by atoms with Crippen molar-refractivity contribution in [1.82, 2.24) is 0 Å². The fourth-order valence-electron chi connectivity index (χ4n) is 1.54. The summed E-state index contributed by atoms with van der Waals surface area (Å²) in [5.41, 5.74) is 0. The Morgan fingerprint density at radius 1 is 0.250 bits per heavy atom. The van der Waals surface area contributed by atoms with E-state index in [1.807, 2.05) is 0 Å². The van der Waals surface area contributed by atoms with Gasteiger partial charge in [-0.15, -0.1) is 0 Å².